The predicted molar refractivity (Wildman–Crippen MR) is 112 cm³/mol. The van der Waals surface area contributed by atoms with Crippen molar-refractivity contribution < 1.29 is 9.21 Å². The summed E-state index contributed by atoms with van der Waals surface area (Å²) < 4.78 is 7.09. The highest BCUT2D eigenvalue weighted by atomic mass is 16.3. The summed E-state index contributed by atoms with van der Waals surface area (Å²) in [6.45, 7) is 1.99. The molecule has 0 unspecified atom stereocenters. The molecule has 5 aromatic rings. The highest BCUT2D eigenvalue weighted by molar-refractivity contribution is 6.05. The van der Waals surface area contributed by atoms with E-state index in [1.807, 2.05) is 55.5 Å². The third kappa shape index (κ3) is 3.14. The number of carbonyl (C=O) groups is 1. The molecule has 0 saturated carbocycles. The van der Waals surface area contributed by atoms with Crippen LogP contribution in [0.3, 0.4) is 0 Å². The average Bonchev–Trinajstić information content (AvgIpc) is 3.52. The Bertz CT molecular complexity index is 1320. The predicted octanol–water partition coefficient (Wildman–Crippen LogP) is 4.22. The first kappa shape index (κ1) is 17.9. The van der Waals surface area contributed by atoms with Crippen LogP contribution in [-0.2, 0) is 6.42 Å². The number of hydrogen-bond donors (Lipinski definition) is 2. The number of rotatable bonds is 5. The van der Waals surface area contributed by atoms with Gasteiger partial charge < -0.3 is 14.7 Å². The number of carbonyl (C=O) groups excluding carboxylic acids is 1. The van der Waals surface area contributed by atoms with Crippen LogP contribution in [0.4, 0.5) is 5.69 Å². The van der Waals surface area contributed by atoms with Gasteiger partial charge in [-0.2, -0.15) is 5.10 Å². The molecule has 0 atom stereocenters. The Hall–Kier alpha value is -4.20. The van der Waals surface area contributed by atoms with Crippen molar-refractivity contribution in [3.05, 3.63) is 78.4 Å². The number of aromatic nitrogens is 5. The van der Waals surface area contributed by atoms with Crippen LogP contribution in [0.15, 0.2) is 71.6 Å². The fourth-order valence-corrected chi connectivity index (χ4v) is 3.40. The summed E-state index contributed by atoms with van der Waals surface area (Å²) in [5.41, 5.74) is 3.57. The zero-order chi connectivity index (χ0) is 20.5. The van der Waals surface area contributed by atoms with Crippen LogP contribution in [0.5, 0.6) is 0 Å². The minimum Gasteiger partial charge on any atom is -0.461 e. The Morgan fingerprint density at radius 3 is 2.90 bits per heavy atom. The van der Waals surface area contributed by atoms with Crippen LogP contribution in [0.1, 0.15) is 23.0 Å². The number of imidazole rings is 1. The van der Waals surface area contributed by atoms with Gasteiger partial charge in [-0.05, 0) is 48.9 Å². The zero-order valence-electron chi connectivity index (χ0n) is 16.2. The number of H-pyrrole nitrogens is 1. The Morgan fingerprint density at radius 2 is 2.13 bits per heavy atom. The minimum atomic E-state index is -0.223. The van der Waals surface area contributed by atoms with Crippen LogP contribution in [0.2, 0.25) is 0 Å². The summed E-state index contributed by atoms with van der Waals surface area (Å²) in [6, 6.07) is 14.8. The molecule has 0 bridgehead atoms. The molecule has 0 radical (unpaired) electrons. The minimum absolute atomic E-state index is 0.223. The van der Waals surface area contributed by atoms with Gasteiger partial charge in [-0.1, -0.05) is 13.0 Å². The van der Waals surface area contributed by atoms with Crippen molar-refractivity contribution in [2.45, 2.75) is 13.3 Å². The molecule has 8 nitrogen and oxygen atoms in total. The summed E-state index contributed by atoms with van der Waals surface area (Å²) in [5.74, 6) is 1.76. The molecule has 4 aromatic heterocycles. The van der Waals surface area contributed by atoms with Gasteiger partial charge in [0.15, 0.2) is 17.4 Å². The molecule has 0 saturated heterocycles. The monoisotopic (exact) mass is 398 g/mol. The van der Waals surface area contributed by atoms with Crippen molar-refractivity contribution in [1.82, 2.24) is 24.7 Å². The van der Waals surface area contributed by atoms with Gasteiger partial charge >= 0.3 is 0 Å². The molecule has 0 aliphatic carbocycles. The number of amides is 1. The molecule has 148 valence electrons. The van der Waals surface area contributed by atoms with Crippen molar-refractivity contribution in [2.75, 3.05) is 5.32 Å². The van der Waals surface area contributed by atoms with E-state index >= 15 is 0 Å². The molecule has 2 N–H and O–H groups in total. The molecule has 5 rings (SSSR count). The highest BCUT2D eigenvalue weighted by Gasteiger charge is 2.18. The first-order valence-electron chi connectivity index (χ1n) is 9.56. The summed E-state index contributed by atoms with van der Waals surface area (Å²) in [7, 11) is 0. The second-order valence-corrected chi connectivity index (χ2v) is 6.71. The Morgan fingerprint density at radius 1 is 1.20 bits per heavy atom. The Balaban J connectivity index is 1.43. The maximum Gasteiger partial charge on any atom is 0.259 e. The highest BCUT2D eigenvalue weighted by Crippen LogP contribution is 2.24. The SMILES string of the molecule is CCc1c(C(=O)Nc2ccc3nc(-c4ccco4)[nH]c3c2)cnn1-c1ccccn1. The molecule has 30 heavy (non-hydrogen) atoms. The lowest BCUT2D eigenvalue weighted by molar-refractivity contribution is 0.102. The molecule has 1 amide bonds. The van der Waals surface area contributed by atoms with Crippen LogP contribution < -0.4 is 5.32 Å². The largest absolute Gasteiger partial charge is 0.461 e. The van der Waals surface area contributed by atoms with Crippen molar-refractivity contribution in [3.8, 4) is 17.4 Å². The topological polar surface area (TPSA) is 102 Å². The average molecular weight is 398 g/mol. The van der Waals surface area contributed by atoms with E-state index in [2.05, 4.69) is 25.4 Å². The molecular weight excluding hydrogens is 380 g/mol. The van der Waals surface area contributed by atoms with Gasteiger partial charge in [0, 0.05) is 11.9 Å². The van der Waals surface area contributed by atoms with Gasteiger partial charge in [0.1, 0.15) is 0 Å². The standard InChI is InChI=1S/C22H18N6O2/c1-2-18-15(13-24-28(18)20-7-3-4-10-23-20)22(29)25-14-8-9-16-17(12-14)27-21(26-16)19-6-5-11-30-19/h3-13H,2H2,1H3,(H,25,29)(H,26,27). The van der Waals surface area contributed by atoms with Crippen molar-refractivity contribution >= 4 is 22.6 Å². The quantitative estimate of drug-likeness (QED) is 0.462. The smallest absolute Gasteiger partial charge is 0.259 e. The zero-order valence-corrected chi connectivity index (χ0v) is 16.2. The van der Waals surface area contributed by atoms with E-state index in [1.165, 1.54) is 0 Å². The third-order valence-corrected chi connectivity index (χ3v) is 4.81. The molecule has 4 heterocycles. The van der Waals surface area contributed by atoms with E-state index in [0.717, 1.165) is 16.7 Å². The van der Waals surface area contributed by atoms with Gasteiger partial charge in [-0.25, -0.2) is 14.6 Å². The maximum absolute atomic E-state index is 12.9. The molecule has 0 aliphatic rings. The first-order valence-corrected chi connectivity index (χ1v) is 9.56. The number of nitrogens with one attached hydrogen (secondary N) is 2. The van der Waals surface area contributed by atoms with Gasteiger partial charge in [-0.3, -0.25) is 4.79 Å². The number of furan rings is 1. The van der Waals surface area contributed by atoms with Gasteiger partial charge in [0.05, 0.1) is 34.8 Å². The van der Waals surface area contributed by atoms with E-state index in [1.54, 1.807) is 23.3 Å². The molecule has 0 spiro atoms. The number of aromatic amines is 1. The van der Waals surface area contributed by atoms with Crippen LogP contribution in [0.25, 0.3) is 28.4 Å². The van der Waals surface area contributed by atoms with E-state index in [-0.39, 0.29) is 5.91 Å². The van der Waals surface area contributed by atoms with Crippen LogP contribution in [-0.4, -0.2) is 30.6 Å². The molecule has 0 aliphatic heterocycles. The van der Waals surface area contributed by atoms with Gasteiger partial charge in [0.25, 0.3) is 5.91 Å². The number of pyridine rings is 1. The van der Waals surface area contributed by atoms with E-state index in [9.17, 15) is 4.79 Å². The number of hydrogen-bond acceptors (Lipinski definition) is 5. The number of nitrogens with zero attached hydrogens (tertiary/aromatic N) is 4. The van der Waals surface area contributed by atoms with E-state index < -0.39 is 0 Å². The van der Waals surface area contributed by atoms with Crippen molar-refractivity contribution in [3.63, 3.8) is 0 Å². The van der Waals surface area contributed by atoms with Crippen LogP contribution >= 0.6 is 0 Å². The number of anilines is 1. The maximum atomic E-state index is 12.9. The molecular formula is C22H18N6O2. The van der Waals surface area contributed by atoms with E-state index in [4.69, 9.17) is 4.42 Å². The first-order chi connectivity index (χ1) is 14.7. The summed E-state index contributed by atoms with van der Waals surface area (Å²) in [4.78, 5) is 25.0. The van der Waals surface area contributed by atoms with Gasteiger partial charge in [-0.15, -0.1) is 0 Å². The van der Waals surface area contributed by atoms with Crippen LogP contribution in [0, 0.1) is 0 Å². The summed E-state index contributed by atoms with van der Waals surface area (Å²) in [6.07, 6.45) is 5.52. The molecule has 1 aromatic carbocycles. The second-order valence-electron chi connectivity index (χ2n) is 6.71. The fourth-order valence-electron chi connectivity index (χ4n) is 3.40. The normalized spacial score (nSPS) is 11.1. The van der Waals surface area contributed by atoms with Crippen molar-refractivity contribution in [1.29, 1.82) is 0 Å². The summed E-state index contributed by atoms with van der Waals surface area (Å²) >= 11 is 0. The second kappa shape index (κ2) is 7.32. The lowest BCUT2D eigenvalue weighted by Gasteiger charge is -2.08. The molecule has 0 fully saturated rings. The fraction of sp³-hybridized carbons (Fsp3) is 0.0909. The number of benzene rings is 1. The lowest BCUT2D eigenvalue weighted by atomic mass is 10.2. The lowest BCUT2D eigenvalue weighted by Crippen LogP contribution is -2.14. The Kier molecular flexibility index (Phi) is 4.36. The number of fused-ring (bicyclic) bond motifs is 1. The van der Waals surface area contributed by atoms with E-state index in [0.29, 0.717) is 35.1 Å². The van der Waals surface area contributed by atoms with Crippen molar-refractivity contribution in [2.24, 2.45) is 0 Å². The Labute approximate surface area is 171 Å². The third-order valence-electron chi connectivity index (χ3n) is 4.81. The van der Waals surface area contributed by atoms with Gasteiger partial charge in [0.2, 0.25) is 0 Å². The summed E-state index contributed by atoms with van der Waals surface area (Å²) in [5, 5.41) is 7.32. The molecule has 8 heteroatoms.